The van der Waals surface area contributed by atoms with Crippen LogP contribution in [0.2, 0.25) is 0 Å². The number of phenols is 1. The Balaban J connectivity index is 1.63. The molecule has 0 fully saturated rings. The lowest BCUT2D eigenvalue weighted by atomic mass is 10.1. The zero-order valence-electron chi connectivity index (χ0n) is 15.7. The minimum absolute atomic E-state index is 0.0388. The Morgan fingerprint density at radius 3 is 2.60 bits per heavy atom. The molecule has 30 heavy (non-hydrogen) atoms. The van der Waals surface area contributed by atoms with E-state index in [1.807, 2.05) is 24.3 Å². The van der Waals surface area contributed by atoms with Crippen molar-refractivity contribution in [2.75, 3.05) is 5.32 Å². The number of nitrogens with one attached hydrogen (secondary N) is 1. The molecule has 152 valence electrons. The van der Waals surface area contributed by atoms with Crippen LogP contribution in [0, 0.1) is 6.92 Å². The predicted molar refractivity (Wildman–Crippen MR) is 117 cm³/mol. The number of thiazole rings is 1. The lowest BCUT2D eigenvalue weighted by Gasteiger charge is -2.13. The molecule has 0 spiro atoms. The van der Waals surface area contributed by atoms with Gasteiger partial charge in [-0.05, 0) is 49.4 Å². The summed E-state index contributed by atoms with van der Waals surface area (Å²) >= 11 is 1.43. The van der Waals surface area contributed by atoms with Crippen molar-refractivity contribution in [1.29, 1.82) is 0 Å². The second-order valence-electron chi connectivity index (χ2n) is 6.63. The number of anilines is 1. The van der Waals surface area contributed by atoms with E-state index in [1.54, 1.807) is 12.1 Å². The van der Waals surface area contributed by atoms with E-state index < -0.39 is 17.3 Å². The van der Waals surface area contributed by atoms with E-state index in [2.05, 4.69) is 15.3 Å². The number of hydrogen-bond donors (Lipinski definition) is 2. The van der Waals surface area contributed by atoms with Gasteiger partial charge in [-0.2, -0.15) is 8.78 Å². The maximum Gasteiger partial charge on any atom is 0.300 e. The van der Waals surface area contributed by atoms with Crippen molar-refractivity contribution in [3.8, 4) is 16.3 Å². The van der Waals surface area contributed by atoms with Gasteiger partial charge >= 0.3 is 0 Å². The molecule has 1 amide bonds. The quantitative estimate of drug-likeness (QED) is 0.320. The van der Waals surface area contributed by atoms with Crippen molar-refractivity contribution in [2.24, 2.45) is 0 Å². The topological polar surface area (TPSA) is 75.1 Å². The Morgan fingerprint density at radius 1 is 1.13 bits per heavy atom. The third kappa shape index (κ3) is 4.01. The second-order valence-corrected chi connectivity index (χ2v) is 8.38. The van der Waals surface area contributed by atoms with Gasteiger partial charge in [0.1, 0.15) is 16.5 Å². The summed E-state index contributed by atoms with van der Waals surface area (Å²) in [6.07, 6.45) is 0. The molecule has 0 saturated carbocycles. The highest BCUT2D eigenvalue weighted by molar-refractivity contribution is 7.21. The molecule has 5 nitrogen and oxygen atoms in total. The summed E-state index contributed by atoms with van der Waals surface area (Å²) in [4.78, 5) is 21.0. The van der Waals surface area contributed by atoms with Crippen molar-refractivity contribution in [3.05, 3.63) is 71.5 Å². The molecule has 4 aromatic rings. The highest BCUT2D eigenvalue weighted by Crippen LogP contribution is 2.37. The highest BCUT2D eigenvalue weighted by Gasteiger charge is 2.27. The number of benzene rings is 2. The van der Waals surface area contributed by atoms with E-state index in [4.69, 9.17) is 0 Å². The summed E-state index contributed by atoms with van der Waals surface area (Å²) in [6.45, 7) is 1.50. The van der Waals surface area contributed by atoms with Crippen LogP contribution in [-0.4, -0.2) is 21.0 Å². The van der Waals surface area contributed by atoms with Gasteiger partial charge < -0.3 is 10.4 Å². The number of carbonyl (C=O) groups excluding carboxylic acids is 1. The molecule has 1 atom stereocenters. The lowest BCUT2D eigenvalue weighted by molar-refractivity contribution is 0.0973. The van der Waals surface area contributed by atoms with Gasteiger partial charge in [0.2, 0.25) is 0 Å². The average Bonchev–Trinajstić information content (AvgIpc) is 3.12. The molecule has 2 aromatic heterocycles. The summed E-state index contributed by atoms with van der Waals surface area (Å²) < 4.78 is 27.8. The molecule has 0 saturated heterocycles. The molecule has 0 aliphatic carbocycles. The molecule has 1 unspecified atom stereocenters. The Bertz CT molecular complexity index is 1240. The molecule has 0 bridgehead atoms. The van der Waals surface area contributed by atoms with Crippen LogP contribution in [0.5, 0.6) is 5.75 Å². The maximum absolute atomic E-state index is 13.4. The van der Waals surface area contributed by atoms with E-state index in [-0.39, 0.29) is 17.0 Å². The minimum Gasteiger partial charge on any atom is -0.507 e. The number of hydrogen-bond acceptors (Lipinski definition) is 5. The number of aryl methyl sites for hydroxylation is 1. The number of pyridine rings is 1. The van der Waals surface area contributed by atoms with Crippen LogP contribution in [0.25, 0.3) is 20.8 Å². The van der Waals surface area contributed by atoms with Crippen LogP contribution in [0.3, 0.4) is 0 Å². The number of nitrogens with zero attached hydrogens (tertiary/aromatic N) is 2. The summed E-state index contributed by atoms with van der Waals surface area (Å²) in [7, 11) is 1.43. The number of rotatable bonds is 4. The normalized spacial score (nSPS) is 11.6. The molecule has 0 radical (unpaired) electrons. The van der Waals surface area contributed by atoms with Crippen molar-refractivity contribution in [3.63, 3.8) is 0 Å². The zero-order chi connectivity index (χ0) is 21.5. The van der Waals surface area contributed by atoms with E-state index in [0.29, 0.717) is 16.3 Å². The first-order chi connectivity index (χ1) is 14.2. The SMILES string of the molecule is Cc1nc(C(F)(F)P)ccc1C(=O)Nc1ccc(O)c(-c2nc3ccccc3s2)c1. The van der Waals surface area contributed by atoms with Crippen LogP contribution in [0.4, 0.5) is 14.5 Å². The van der Waals surface area contributed by atoms with Crippen LogP contribution >= 0.6 is 20.6 Å². The van der Waals surface area contributed by atoms with Crippen molar-refractivity contribution < 1.29 is 18.7 Å². The standard InChI is InChI=1S/C21H16F2N3O2PS/c1-11-13(7-9-18(24-11)21(22,23)29)19(28)25-12-6-8-16(27)14(10-12)20-26-15-4-2-3-5-17(15)30-20/h2-10,27H,29H2,1H3,(H,25,28). The third-order valence-corrected chi connectivity index (χ3v) is 5.82. The lowest BCUT2D eigenvalue weighted by Crippen LogP contribution is -2.16. The molecule has 2 aromatic carbocycles. The third-order valence-electron chi connectivity index (χ3n) is 4.45. The van der Waals surface area contributed by atoms with Crippen LogP contribution in [0.1, 0.15) is 21.7 Å². The Labute approximate surface area is 177 Å². The highest BCUT2D eigenvalue weighted by atomic mass is 32.1. The van der Waals surface area contributed by atoms with Gasteiger partial charge in [-0.3, -0.25) is 9.78 Å². The number of aromatic nitrogens is 2. The first-order valence-corrected chi connectivity index (χ1v) is 10.3. The molecule has 0 aliphatic rings. The largest absolute Gasteiger partial charge is 0.507 e. The number of para-hydroxylation sites is 1. The van der Waals surface area contributed by atoms with Gasteiger partial charge in [0.15, 0.2) is 0 Å². The van der Waals surface area contributed by atoms with Crippen molar-refractivity contribution in [1.82, 2.24) is 9.97 Å². The number of amides is 1. The van der Waals surface area contributed by atoms with Crippen molar-refractivity contribution in [2.45, 2.75) is 12.6 Å². The monoisotopic (exact) mass is 443 g/mol. The van der Waals surface area contributed by atoms with Gasteiger partial charge in [-0.1, -0.05) is 21.4 Å². The van der Waals surface area contributed by atoms with Gasteiger partial charge in [-0.15, -0.1) is 11.3 Å². The Morgan fingerprint density at radius 2 is 1.90 bits per heavy atom. The molecular formula is C21H16F2N3O2PS. The van der Waals surface area contributed by atoms with E-state index in [9.17, 15) is 18.7 Å². The van der Waals surface area contributed by atoms with Gasteiger partial charge in [0.25, 0.3) is 11.6 Å². The molecule has 4 rings (SSSR count). The molecule has 2 N–H and O–H groups in total. The number of fused-ring (bicyclic) bond motifs is 1. The minimum atomic E-state index is -3.16. The summed E-state index contributed by atoms with van der Waals surface area (Å²) in [5.74, 6) is -0.448. The van der Waals surface area contributed by atoms with Crippen LogP contribution in [0.15, 0.2) is 54.6 Å². The molecule has 9 heteroatoms. The van der Waals surface area contributed by atoms with Gasteiger partial charge in [0.05, 0.1) is 27.0 Å². The fraction of sp³-hybridized carbons (Fsp3) is 0.0952. The fourth-order valence-corrected chi connectivity index (χ4v) is 4.11. The van der Waals surface area contributed by atoms with Crippen LogP contribution < -0.4 is 5.32 Å². The van der Waals surface area contributed by atoms with Crippen LogP contribution in [-0.2, 0) is 5.66 Å². The smallest absolute Gasteiger partial charge is 0.300 e. The van der Waals surface area contributed by atoms with E-state index >= 15 is 0 Å². The maximum atomic E-state index is 13.4. The summed E-state index contributed by atoms with van der Waals surface area (Å²) in [5, 5.41) is 13.6. The number of phenolic OH excluding ortho intramolecular Hbond substituents is 1. The number of carbonyl (C=O) groups is 1. The average molecular weight is 443 g/mol. The number of alkyl halides is 2. The first-order valence-electron chi connectivity index (χ1n) is 8.87. The number of halogens is 2. The van der Waals surface area contributed by atoms with Gasteiger partial charge in [0, 0.05) is 5.69 Å². The second kappa shape index (κ2) is 7.70. The summed E-state index contributed by atoms with van der Waals surface area (Å²) in [5.41, 5.74) is -1.47. The predicted octanol–water partition coefficient (Wildman–Crippen LogP) is 5.55. The summed E-state index contributed by atoms with van der Waals surface area (Å²) in [6, 6.07) is 14.7. The van der Waals surface area contributed by atoms with E-state index in [0.717, 1.165) is 16.3 Å². The fourth-order valence-electron chi connectivity index (χ4n) is 2.96. The Kier molecular flexibility index (Phi) is 5.22. The van der Waals surface area contributed by atoms with Crippen molar-refractivity contribution >= 4 is 42.4 Å². The van der Waals surface area contributed by atoms with E-state index in [1.165, 1.54) is 39.6 Å². The van der Waals surface area contributed by atoms with Gasteiger partial charge in [-0.25, -0.2) is 4.98 Å². The molecule has 2 heterocycles. The molecular weight excluding hydrogens is 427 g/mol. The number of aromatic hydroxyl groups is 1. The molecule has 0 aliphatic heterocycles. The Hall–Kier alpha value is -2.96. The zero-order valence-corrected chi connectivity index (χ0v) is 17.7. The first kappa shape index (κ1) is 20.3.